The third-order valence-electron chi connectivity index (χ3n) is 1.89. The lowest BCUT2D eigenvalue weighted by Crippen LogP contribution is -2.00. The van der Waals surface area contributed by atoms with Crippen molar-refractivity contribution in [1.29, 1.82) is 0 Å². The van der Waals surface area contributed by atoms with Crippen LogP contribution < -0.4 is 0 Å². The van der Waals surface area contributed by atoms with Gasteiger partial charge in [0.15, 0.2) is 0 Å². The lowest BCUT2D eigenvalue weighted by Gasteiger charge is -2.03. The highest BCUT2D eigenvalue weighted by Gasteiger charge is 2.08. The molecule has 1 rings (SSSR count). The van der Waals surface area contributed by atoms with Crippen LogP contribution in [0.15, 0.2) is 24.3 Å². The molecule has 0 aromatic heterocycles. The molecule has 68 valence electrons. The van der Waals surface area contributed by atoms with Gasteiger partial charge in [0.2, 0.25) is 0 Å². The molecule has 0 unspecified atom stereocenters. The van der Waals surface area contributed by atoms with E-state index in [1.165, 1.54) is 0 Å². The number of hydrogen-bond acceptors (Lipinski definition) is 1. The molecular weight excluding hydrogens is 164 g/mol. The molecular formula is C11H12O2. The second-order valence-electron chi connectivity index (χ2n) is 2.84. The summed E-state index contributed by atoms with van der Waals surface area (Å²) in [6, 6.07) is 5.28. The highest BCUT2D eigenvalue weighted by Crippen LogP contribution is 2.15. The molecule has 0 bridgehead atoms. The van der Waals surface area contributed by atoms with Crippen LogP contribution in [0.2, 0.25) is 0 Å². The van der Waals surface area contributed by atoms with E-state index in [9.17, 15) is 4.79 Å². The fourth-order valence-electron chi connectivity index (χ4n) is 1.26. The normalized spacial score (nSPS) is 10.6. The molecule has 1 aromatic carbocycles. The highest BCUT2D eigenvalue weighted by atomic mass is 16.4. The maximum atomic E-state index is 10.8. The van der Waals surface area contributed by atoms with Gasteiger partial charge in [0.05, 0.1) is 5.56 Å². The molecule has 2 nitrogen and oxygen atoms in total. The van der Waals surface area contributed by atoms with E-state index >= 15 is 0 Å². The lowest BCUT2D eigenvalue weighted by molar-refractivity contribution is 0.0696. The van der Waals surface area contributed by atoms with E-state index in [2.05, 4.69) is 0 Å². The van der Waals surface area contributed by atoms with Crippen molar-refractivity contribution in [3.63, 3.8) is 0 Å². The standard InChI is InChI=1S/C11H12O2/c1-3-5-9-8(2)6-4-7-10(9)11(12)13/h3-7H,1-2H3,(H,12,13)/b5-3+. The Balaban J connectivity index is 3.33. The zero-order valence-electron chi connectivity index (χ0n) is 7.74. The Kier molecular flexibility index (Phi) is 2.85. The Morgan fingerprint density at radius 2 is 2.15 bits per heavy atom. The van der Waals surface area contributed by atoms with Crippen LogP contribution in [0.25, 0.3) is 6.08 Å². The van der Waals surface area contributed by atoms with E-state index in [1.807, 2.05) is 32.1 Å². The minimum absolute atomic E-state index is 0.359. The second kappa shape index (κ2) is 3.90. The number of hydrogen-bond donors (Lipinski definition) is 1. The van der Waals surface area contributed by atoms with E-state index in [-0.39, 0.29) is 0 Å². The van der Waals surface area contributed by atoms with Gasteiger partial charge in [-0.1, -0.05) is 24.3 Å². The highest BCUT2D eigenvalue weighted by molar-refractivity contribution is 5.92. The van der Waals surface area contributed by atoms with Gasteiger partial charge < -0.3 is 5.11 Å². The second-order valence-corrected chi connectivity index (χ2v) is 2.84. The van der Waals surface area contributed by atoms with Crippen molar-refractivity contribution in [3.8, 4) is 0 Å². The van der Waals surface area contributed by atoms with Crippen molar-refractivity contribution in [1.82, 2.24) is 0 Å². The van der Waals surface area contributed by atoms with Crippen LogP contribution in [0.4, 0.5) is 0 Å². The van der Waals surface area contributed by atoms with Gasteiger partial charge in [0.25, 0.3) is 0 Å². The van der Waals surface area contributed by atoms with Crippen LogP contribution in [0.1, 0.15) is 28.4 Å². The van der Waals surface area contributed by atoms with Gasteiger partial charge in [-0.2, -0.15) is 0 Å². The fraction of sp³-hybridized carbons (Fsp3) is 0.182. The zero-order chi connectivity index (χ0) is 9.84. The number of rotatable bonds is 2. The zero-order valence-corrected chi connectivity index (χ0v) is 7.74. The topological polar surface area (TPSA) is 37.3 Å². The molecule has 0 fully saturated rings. The molecule has 0 saturated heterocycles. The predicted molar refractivity (Wildman–Crippen MR) is 52.8 cm³/mol. The van der Waals surface area contributed by atoms with Crippen molar-refractivity contribution in [2.75, 3.05) is 0 Å². The van der Waals surface area contributed by atoms with Crippen LogP contribution in [-0.2, 0) is 0 Å². The van der Waals surface area contributed by atoms with Gasteiger partial charge >= 0.3 is 5.97 Å². The van der Waals surface area contributed by atoms with Crippen LogP contribution in [-0.4, -0.2) is 11.1 Å². The number of aryl methyl sites for hydroxylation is 1. The summed E-state index contributed by atoms with van der Waals surface area (Å²) in [6.45, 7) is 3.78. The van der Waals surface area contributed by atoms with Crippen LogP contribution in [0.3, 0.4) is 0 Å². The molecule has 2 heteroatoms. The number of carbonyl (C=O) groups is 1. The molecule has 0 spiro atoms. The lowest BCUT2D eigenvalue weighted by atomic mass is 10.0. The molecule has 0 radical (unpaired) electrons. The summed E-state index contributed by atoms with van der Waals surface area (Å²) in [5.74, 6) is -0.878. The quantitative estimate of drug-likeness (QED) is 0.752. The Labute approximate surface area is 77.5 Å². The van der Waals surface area contributed by atoms with Crippen molar-refractivity contribution in [3.05, 3.63) is 41.0 Å². The van der Waals surface area contributed by atoms with Crippen molar-refractivity contribution in [2.24, 2.45) is 0 Å². The van der Waals surface area contributed by atoms with Crippen LogP contribution in [0, 0.1) is 6.92 Å². The average molecular weight is 176 g/mol. The molecule has 0 saturated carbocycles. The smallest absolute Gasteiger partial charge is 0.336 e. The largest absolute Gasteiger partial charge is 0.478 e. The molecule has 1 N–H and O–H groups in total. The maximum absolute atomic E-state index is 10.8. The first-order valence-electron chi connectivity index (χ1n) is 4.12. The third-order valence-corrected chi connectivity index (χ3v) is 1.89. The SMILES string of the molecule is C/C=C/c1c(C)cccc1C(=O)O. The maximum Gasteiger partial charge on any atom is 0.336 e. The van der Waals surface area contributed by atoms with Crippen LogP contribution in [0.5, 0.6) is 0 Å². The Bertz CT molecular complexity index is 351. The molecule has 0 aliphatic rings. The average Bonchev–Trinajstić information content (AvgIpc) is 2.08. The number of carboxylic acids is 1. The first kappa shape index (κ1) is 9.52. The van der Waals surface area contributed by atoms with Crippen molar-refractivity contribution < 1.29 is 9.90 Å². The van der Waals surface area contributed by atoms with Crippen molar-refractivity contribution >= 4 is 12.0 Å². The summed E-state index contributed by atoms with van der Waals surface area (Å²) in [6.07, 6.45) is 3.66. The summed E-state index contributed by atoms with van der Waals surface area (Å²) in [5.41, 5.74) is 2.13. The third kappa shape index (κ3) is 1.96. The van der Waals surface area contributed by atoms with Gasteiger partial charge in [-0.3, -0.25) is 0 Å². The molecule has 0 atom stereocenters. The predicted octanol–water partition coefficient (Wildman–Crippen LogP) is 2.73. The molecule has 0 aliphatic heterocycles. The minimum atomic E-state index is -0.878. The van der Waals surface area contributed by atoms with Gasteiger partial charge in [0, 0.05) is 0 Å². The fourth-order valence-corrected chi connectivity index (χ4v) is 1.26. The summed E-state index contributed by atoms with van der Waals surface area (Å²) in [4.78, 5) is 10.8. The van der Waals surface area contributed by atoms with E-state index in [0.29, 0.717) is 5.56 Å². The van der Waals surface area contributed by atoms with E-state index in [4.69, 9.17) is 5.11 Å². The Morgan fingerprint density at radius 3 is 2.69 bits per heavy atom. The number of carboxylic acid groups (broad SMARTS) is 1. The summed E-state index contributed by atoms with van der Waals surface area (Å²) in [7, 11) is 0. The van der Waals surface area contributed by atoms with Gasteiger partial charge in [-0.15, -0.1) is 0 Å². The number of benzene rings is 1. The number of allylic oxidation sites excluding steroid dienone is 1. The monoisotopic (exact) mass is 176 g/mol. The Hall–Kier alpha value is -1.57. The first-order chi connectivity index (χ1) is 6.16. The molecule has 13 heavy (non-hydrogen) atoms. The van der Waals surface area contributed by atoms with E-state index in [1.54, 1.807) is 12.1 Å². The first-order valence-corrected chi connectivity index (χ1v) is 4.12. The van der Waals surface area contributed by atoms with Crippen molar-refractivity contribution in [2.45, 2.75) is 13.8 Å². The van der Waals surface area contributed by atoms with E-state index < -0.39 is 5.97 Å². The molecule has 0 heterocycles. The summed E-state index contributed by atoms with van der Waals surface area (Å²) >= 11 is 0. The minimum Gasteiger partial charge on any atom is -0.478 e. The molecule has 1 aromatic rings. The van der Waals surface area contributed by atoms with Crippen LogP contribution >= 0.6 is 0 Å². The van der Waals surface area contributed by atoms with Gasteiger partial charge in [-0.25, -0.2) is 4.79 Å². The van der Waals surface area contributed by atoms with Gasteiger partial charge in [0.1, 0.15) is 0 Å². The molecule has 0 amide bonds. The summed E-state index contributed by atoms with van der Waals surface area (Å²) < 4.78 is 0. The summed E-state index contributed by atoms with van der Waals surface area (Å²) in [5, 5.41) is 8.88. The van der Waals surface area contributed by atoms with Gasteiger partial charge in [-0.05, 0) is 31.0 Å². The Morgan fingerprint density at radius 1 is 1.46 bits per heavy atom. The number of aromatic carboxylic acids is 1. The molecule has 0 aliphatic carbocycles. The van der Waals surface area contributed by atoms with E-state index in [0.717, 1.165) is 11.1 Å².